The lowest BCUT2D eigenvalue weighted by Crippen LogP contribution is -2.40. The van der Waals surface area contributed by atoms with Crippen molar-refractivity contribution in [3.05, 3.63) is 0 Å². The van der Waals surface area contributed by atoms with Crippen LogP contribution in [0.3, 0.4) is 0 Å². The Morgan fingerprint density at radius 1 is 0.708 bits per heavy atom. The molecule has 0 bridgehead atoms. The molecular weight excluding hydrogens is 320 g/mol. The zero-order valence-corrected chi connectivity index (χ0v) is 13.2. The minimum absolute atomic E-state index is 0.0207. The van der Waals surface area contributed by atoms with Crippen LogP contribution in [0.2, 0.25) is 0 Å². The Morgan fingerprint density at radius 2 is 1.33 bits per heavy atom. The number of carbonyl (C=O) groups excluding carboxylic acids is 1. The predicted molar refractivity (Wildman–Crippen MR) is 79.1 cm³/mol. The van der Waals surface area contributed by atoms with E-state index in [-0.39, 0.29) is 19.3 Å². The van der Waals surface area contributed by atoms with Crippen LogP contribution in [-0.2, 0) is 23.9 Å². The Morgan fingerprint density at radius 3 is 1.92 bits per heavy atom. The summed E-state index contributed by atoms with van der Waals surface area (Å²) in [7, 11) is 0. The largest absolute Gasteiger partial charge is 0.481 e. The average molecular weight is 342 g/mol. The highest BCUT2D eigenvalue weighted by Gasteiger charge is 2.41. The lowest BCUT2D eigenvalue weighted by atomic mass is 9.77. The van der Waals surface area contributed by atoms with Crippen molar-refractivity contribution in [2.24, 2.45) is 23.7 Å². The fraction of sp³-hybridized carbons (Fsp3) is 0.750. The van der Waals surface area contributed by atoms with Crippen LogP contribution in [0.15, 0.2) is 0 Å². The number of esters is 1. The van der Waals surface area contributed by atoms with Gasteiger partial charge in [-0.15, -0.1) is 0 Å². The smallest absolute Gasteiger partial charge is 0.309 e. The van der Waals surface area contributed by atoms with Gasteiger partial charge in [0.15, 0.2) is 0 Å². The van der Waals surface area contributed by atoms with Crippen LogP contribution < -0.4 is 0 Å². The quantitative estimate of drug-likeness (QED) is 0.637. The molecule has 0 aromatic heterocycles. The van der Waals surface area contributed by atoms with E-state index in [4.69, 9.17) is 14.9 Å². The molecule has 5 atom stereocenters. The molecule has 1 unspecified atom stereocenters. The van der Waals surface area contributed by atoms with E-state index in [1.54, 1.807) is 0 Å². The molecule has 2 rings (SSSR count). The number of ether oxygens (including phenoxy) is 1. The molecule has 2 fully saturated rings. The third-order valence-corrected chi connectivity index (χ3v) is 5.08. The van der Waals surface area contributed by atoms with Crippen molar-refractivity contribution in [3.8, 4) is 0 Å². The third kappa shape index (κ3) is 4.24. The molecular formula is C16H22O8. The normalized spacial score (nSPS) is 33.4. The van der Waals surface area contributed by atoms with Gasteiger partial charge in [0.1, 0.15) is 6.10 Å². The molecule has 8 heteroatoms. The van der Waals surface area contributed by atoms with Crippen LogP contribution >= 0.6 is 0 Å². The zero-order chi connectivity index (χ0) is 17.9. The second-order valence-corrected chi connectivity index (χ2v) is 6.66. The van der Waals surface area contributed by atoms with Gasteiger partial charge in [-0.05, 0) is 38.5 Å². The minimum Gasteiger partial charge on any atom is -0.481 e. The number of aliphatic carboxylic acids is 3. The van der Waals surface area contributed by atoms with Crippen LogP contribution in [-0.4, -0.2) is 45.3 Å². The second kappa shape index (κ2) is 7.63. The molecule has 0 radical (unpaired) electrons. The third-order valence-electron chi connectivity index (χ3n) is 5.08. The molecule has 3 N–H and O–H groups in total. The van der Waals surface area contributed by atoms with Crippen LogP contribution in [0.25, 0.3) is 0 Å². The van der Waals surface area contributed by atoms with Crippen LogP contribution in [0.4, 0.5) is 0 Å². The van der Waals surface area contributed by atoms with Crippen molar-refractivity contribution < 1.29 is 39.2 Å². The van der Waals surface area contributed by atoms with Gasteiger partial charge in [-0.25, -0.2) is 0 Å². The summed E-state index contributed by atoms with van der Waals surface area (Å²) < 4.78 is 5.38. The molecule has 8 nitrogen and oxygen atoms in total. The summed E-state index contributed by atoms with van der Waals surface area (Å²) in [6.07, 6.45) is 1.79. The van der Waals surface area contributed by atoms with Gasteiger partial charge in [-0.3, -0.25) is 19.2 Å². The van der Waals surface area contributed by atoms with E-state index in [0.29, 0.717) is 25.7 Å². The summed E-state index contributed by atoms with van der Waals surface area (Å²) in [5.74, 6) is -6.85. The molecule has 0 aromatic rings. The summed E-state index contributed by atoms with van der Waals surface area (Å²) in [5.41, 5.74) is 0. The molecule has 0 amide bonds. The van der Waals surface area contributed by atoms with E-state index >= 15 is 0 Å². The first-order valence-electron chi connectivity index (χ1n) is 8.18. The fourth-order valence-corrected chi connectivity index (χ4v) is 3.70. The molecule has 0 heterocycles. The van der Waals surface area contributed by atoms with E-state index in [9.17, 15) is 24.3 Å². The van der Waals surface area contributed by atoms with Crippen molar-refractivity contribution in [1.82, 2.24) is 0 Å². The lowest BCUT2D eigenvalue weighted by Gasteiger charge is -2.33. The highest BCUT2D eigenvalue weighted by atomic mass is 16.5. The van der Waals surface area contributed by atoms with Crippen LogP contribution in [0, 0.1) is 23.7 Å². The predicted octanol–water partition coefficient (Wildman–Crippen LogP) is 1.37. The Labute approximate surface area is 138 Å². The molecule has 0 aromatic carbocycles. The van der Waals surface area contributed by atoms with Gasteiger partial charge >= 0.3 is 23.9 Å². The molecule has 2 aliphatic carbocycles. The number of hydrogen-bond donors (Lipinski definition) is 3. The average Bonchev–Trinajstić information content (AvgIpc) is 2.54. The Balaban J connectivity index is 1.93. The van der Waals surface area contributed by atoms with E-state index in [0.717, 1.165) is 0 Å². The fourth-order valence-electron chi connectivity index (χ4n) is 3.70. The topological polar surface area (TPSA) is 138 Å². The van der Waals surface area contributed by atoms with Gasteiger partial charge in [0, 0.05) is 0 Å². The number of hydrogen-bond acceptors (Lipinski definition) is 5. The zero-order valence-electron chi connectivity index (χ0n) is 13.2. The highest BCUT2D eigenvalue weighted by Crippen LogP contribution is 2.35. The van der Waals surface area contributed by atoms with Gasteiger partial charge in [0.25, 0.3) is 0 Å². The molecule has 0 saturated heterocycles. The summed E-state index contributed by atoms with van der Waals surface area (Å²) in [5, 5.41) is 27.3. The molecule has 0 aliphatic heterocycles. The van der Waals surface area contributed by atoms with E-state index < -0.39 is 53.7 Å². The van der Waals surface area contributed by atoms with Gasteiger partial charge in [-0.1, -0.05) is 6.42 Å². The van der Waals surface area contributed by atoms with E-state index in [2.05, 4.69) is 0 Å². The summed E-state index contributed by atoms with van der Waals surface area (Å²) in [6, 6.07) is 0. The molecule has 134 valence electrons. The summed E-state index contributed by atoms with van der Waals surface area (Å²) in [4.78, 5) is 45.7. The van der Waals surface area contributed by atoms with Gasteiger partial charge in [0.05, 0.1) is 23.7 Å². The van der Waals surface area contributed by atoms with Crippen molar-refractivity contribution in [2.45, 2.75) is 51.0 Å². The van der Waals surface area contributed by atoms with Gasteiger partial charge in [-0.2, -0.15) is 0 Å². The summed E-state index contributed by atoms with van der Waals surface area (Å²) >= 11 is 0. The van der Waals surface area contributed by atoms with Crippen molar-refractivity contribution >= 4 is 23.9 Å². The van der Waals surface area contributed by atoms with Crippen molar-refractivity contribution in [1.29, 1.82) is 0 Å². The highest BCUT2D eigenvalue weighted by molar-refractivity contribution is 5.80. The Hall–Kier alpha value is -2.12. The first kappa shape index (κ1) is 18.2. The van der Waals surface area contributed by atoms with E-state index in [1.807, 2.05) is 0 Å². The lowest BCUT2D eigenvalue weighted by molar-refractivity contribution is -0.167. The molecule has 2 aliphatic rings. The molecule has 24 heavy (non-hydrogen) atoms. The van der Waals surface area contributed by atoms with Gasteiger partial charge < -0.3 is 20.1 Å². The van der Waals surface area contributed by atoms with E-state index in [1.165, 1.54) is 0 Å². The maximum atomic E-state index is 12.2. The van der Waals surface area contributed by atoms with Crippen molar-refractivity contribution in [3.63, 3.8) is 0 Å². The number of carboxylic acids is 3. The SMILES string of the molecule is O=C(O)[C@H]1CCC[C@@H](C(=O)OC2CC[C@@H](C(=O)O)[C@@H](C(=O)O)C2)C1. The monoisotopic (exact) mass is 342 g/mol. The van der Waals surface area contributed by atoms with Crippen molar-refractivity contribution in [2.75, 3.05) is 0 Å². The number of carboxylic acid groups (broad SMARTS) is 3. The maximum Gasteiger partial charge on any atom is 0.309 e. The van der Waals surface area contributed by atoms with Gasteiger partial charge in [0.2, 0.25) is 0 Å². The standard InChI is InChI=1S/C16H22O8/c17-13(18)8-2-1-3-9(6-8)16(23)24-10-4-5-11(14(19)20)12(7-10)15(21)22/h8-12H,1-7H2,(H,17,18)(H,19,20)(H,21,22)/t8-,9+,10?,11+,12-/m0/s1. The second-order valence-electron chi connectivity index (χ2n) is 6.66. The maximum absolute atomic E-state index is 12.2. The number of carbonyl (C=O) groups is 4. The number of rotatable bonds is 5. The Kier molecular flexibility index (Phi) is 5.80. The molecule has 0 spiro atoms. The first-order valence-corrected chi connectivity index (χ1v) is 8.18. The summed E-state index contributed by atoms with van der Waals surface area (Å²) in [6.45, 7) is 0. The van der Waals surface area contributed by atoms with Crippen LogP contribution in [0.5, 0.6) is 0 Å². The first-order chi connectivity index (χ1) is 11.3. The molecule has 2 saturated carbocycles. The Bertz CT molecular complexity index is 528. The minimum atomic E-state index is -1.20. The van der Waals surface area contributed by atoms with Crippen LogP contribution in [0.1, 0.15) is 44.9 Å².